The highest BCUT2D eigenvalue weighted by Crippen LogP contribution is 2.42. The van der Waals surface area contributed by atoms with Crippen LogP contribution in [0.2, 0.25) is 0 Å². The van der Waals surface area contributed by atoms with Crippen LogP contribution in [0.25, 0.3) is 0 Å². The molecule has 0 radical (unpaired) electrons. The number of ether oxygens (including phenoxy) is 2. The van der Waals surface area contributed by atoms with Crippen molar-refractivity contribution in [2.45, 2.75) is 38.2 Å². The molecule has 0 aliphatic heterocycles. The van der Waals surface area contributed by atoms with Crippen LogP contribution in [0.5, 0.6) is 11.5 Å². The Labute approximate surface area is 138 Å². The Bertz CT molecular complexity index is 604. The summed E-state index contributed by atoms with van der Waals surface area (Å²) in [4.78, 5) is 0. The molecule has 2 unspecified atom stereocenters. The van der Waals surface area contributed by atoms with Crippen LogP contribution in [-0.4, -0.2) is 19.3 Å². The molecule has 0 aliphatic carbocycles. The highest BCUT2D eigenvalue weighted by Gasteiger charge is 2.36. The normalized spacial score (nSPS) is 14.8. The number of rotatable bonds is 7. The first-order valence-corrected chi connectivity index (χ1v) is 8.09. The third-order valence-electron chi connectivity index (χ3n) is 4.63. The zero-order chi connectivity index (χ0) is 16.9. The maximum Gasteiger partial charge on any atom is 0.118 e. The minimum atomic E-state index is -0.907. The zero-order valence-electron chi connectivity index (χ0n) is 14.4. The van der Waals surface area contributed by atoms with E-state index < -0.39 is 5.60 Å². The largest absolute Gasteiger partial charge is 0.497 e. The number of hydrogen-bond acceptors (Lipinski definition) is 3. The summed E-state index contributed by atoms with van der Waals surface area (Å²) >= 11 is 0. The Morgan fingerprint density at radius 3 is 1.74 bits per heavy atom. The van der Waals surface area contributed by atoms with Gasteiger partial charge >= 0.3 is 0 Å². The molecule has 124 valence electrons. The molecule has 0 bridgehead atoms. The summed E-state index contributed by atoms with van der Waals surface area (Å²) in [6.45, 7) is 4.13. The second kappa shape index (κ2) is 7.51. The summed E-state index contributed by atoms with van der Waals surface area (Å²) in [5.41, 5.74) is 1.13. The fourth-order valence-corrected chi connectivity index (χ4v) is 3.22. The maximum absolute atomic E-state index is 11.4. The molecule has 23 heavy (non-hydrogen) atoms. The van der Waals surface area contributed by atoms with E-state index in [1.54, 1.807) is 14.2 Å². The SMILES string of the molecule is CCC(c1ccc(OC)cc1)C(O)(CC)c1ccc(OC)cc1. The highest BCUT2D eigenvalue weighted by molar-refractivity contribution is 5.36. The standard InChI is InChI=1S/C20H26O3/c1-5-19(15-7-11-17(22-3)12-8-15)20(21,6-2)16-9-13-18(23-4)14-10-16/h7-14,19,21H,5-6H2,1-4H3. The van der Waals surface area contributed by atoms with Gasteiger partial charge in [0.1, 0.15) is 11.5 Å². The Balaban J connectivity index is 2.40. The molecule has 0 aliphatic rings. The average Bonchev–Trinajstić information content (AvgIpc) is 2.62. The number of aliphatic hydroxyl groups is 1. The van der Waals surface area contributed by atoms with Crippen molar-refractivity contribution >= 4 is 0 Å². The van der Waals surface area contributed by atoms with Gasteiger partial charge in [0.25, 0.3) is 0 Å². The van der Waals surface area contributed by atoms with E-state index in [4.69, 9.17) is 9.47 Å². The molecule has 3 heteroatoms. The van der Waals surface area contributed by atoms with E-state index in [0.717, 1.165) is 29.0 Å². The fourth-order valence-electron chi connectivity index (χ4n) is 3.22. The van der Waals surface area contributed by atoms with E-state index in [9.17, 15) is 5.11 Å². The summed E-state index contributed by atoms with van der Waals surface area (Å²) in [6.07, 6.45) is 1.49. The minimum Gasteiger partial charge on any atom is -0.497 e. The third-order valence-corrected chi connectivity index (χ3v) is 4.63. The lowest BCUT2D eigenvalue weighted by Crippen LogP contribution is -2.32. The summed E-state index contributed by atoms with van der Waals surface area (Å²) in [6, 6.07) is 15.7. The topological polar surface area (TPSA) is 38.7 Å². The van der Waals surface area contributed by atoms with Crippen LogP contribution >= 0.6 is 0 Å². The van der Waals surface area contributed by atoms with Gasteiger partial charge in [-0.1, -0.05) is 38.1 Å². The summed E-state index contributed by atoms with van der Waals surface area (Å²) < 4.78 is 10.4. The summed E-state index contributed by atoms with van der Waals surface area (Å²) in [5, 5.41) is 11.4. The Hall–Kier alpha value is -2.00. The lowest BCUT2D eigenvalue weighted by atomic mass is 9.74. The van der Waals surface area contributed by atoms with Gasteiger partial charge < -0.3 is 14.6 Å². The first-order valence-electron chi connectivity index (χ1n) is 8.09. The molecule has 2 aromatic carbocycles. The van der Waals surface area contributed by atoms with Gasteiger partial charge in [-0.05, 0) is 48.2 Å². The quantitative estimate of drug-likeness (QED) is 0.818. The predicted molar refractivity (Wildman–Crippen MR) is 93.2 cm³/mol. The number of benzene rings is 2. The summed E-state index contributed by atoms with van der Waals surface area (Å²) in [5.74, 6) is 1.64. The van der Waals surface area contributed by atoms with Gasteiger partial charge in [-0.25, -0.2) is 0 Å². The third kappa shape index (κ3) is 3.50. The molecule has 3 nitrogen and oxygen atoms in total. The molecule has 0 spiro atoms. The predicted octanol–water partition coefficient (Wildman–Crippen LogP) is 4.50. The Morgan fingerprint density at radius 2 is 1.35 bits per heavy atom. The van der Waals surface area contributed by atoms with Crippen LogP contribution in [0, 0.1) is 0 Å². The maximum atomic E-state index is 11.4. The van der Waals surface area contributed by atoms with Crippen LogP contribution in [0.1, 0.15) is 43.7 Å². The van der Waals surface area contributed by atoms with Gasteiger partial charge in [-0.15, -0.1) is 0 Å². The molecular weight excluding hydrogens is 288 g/mol. The van der Waals surface area contributed by atoms with Crippen molar-refractivity contribution in [3.05, 3.63) is 59.7 Å². The first kappa shape index (κ1) is 17.4. The Morgan fingerprint density at radius 1 is 0.870 bits per heavy atom. The van der Waals surface area contributed by atoms with Gasteiger partial charge in [-0.3, -0.25) is 0 Å². The number of methoxy groups -OCH3 is 2. The van der Waals surface area contributed by atoms with Crippen LogP contribution < -0.4 is 9.47 Å². The van der Waals surface area contributed by atoms with Gasteiger partial charge in [-0.2, -0.15) is 0 Å². The van der Waals surface area contributed by atoms with Crippen molar-refractivity contribution < 1.29 is 14.6 Å². The van der Waals surface area contributed by atoms with E-state index in [0.29, 0.717) is 6.42 Å². The van der Waals surface area contributed by atoms with E-state index >= 15 is 0 Å². The highest BCUT2D eigenvalue weighted by atomic mass is 16.5. The molecule has 0 amide bonds. The second-order valence-electron chi connectivity index (χ2n) is 5.74. The molecular formula is C20H26O3. The molecule has 0 aromatic heterocycles. The van der Waals surface area contributed by atoms with Crippen molar-refractivity contribution in [1.29, 1.82) is 0 Å². The van der Waals surface area contributed by atoms with E-state index in [2.05, 4.69) is 6.92 Å². The molecule has 0 saturated heterocycles. The van der Waals surface area contributed by atoms with Crippen molar-refractivity contribution in [1.82, 2.24) is 0 Å². The van der Waals surface area contributed by atoms with Gasteiger partial charge in [0.05, 0.1) is 19.8 Å². The monoisotopic (exact) mass is 314 g/mol. The Kier molecular flexibility index (Phi) is 5.67. The van der Waals surface area contributed by atoms with Gasteiger partial charge in [0.2, 0.25) is 0 Å². The zero-order valence-corrected chi connectivity index (χ0v) is 14.4. The van der Waals surface area contributed by atoms with Crippen molar-refractivity contribution in [3.8, 4) is 11.5 Å². The second-order valence-corrected chi connectivity index (χ2v) is 5.74. The van der Waals surface area contributed by atoms with Crippen molar-refractivity contribution in [3.63, 3.8) is 0 Å². The average molecular weight is 314 g/mol. The van der Waals surface area contributed by atoms with Crippen LogP contribution in [0.3, 0.4) is 0 Å². The molecule has 1 N–H and O–H groups in total. The molecule has 2 atom stereocenters. The van der Waals surface area contributed by atoms with Gasteiger partial charge in [0.15, 0.2) is 0 Å². The van der Waals surface area contributed by atoms with Crippen molar-refractivity contribution in [2.75, 3.05) is 14.2 Å². The fraction of sp³-hybridized carbons (Fsp3) is 0.400. The molecule has 2 aromatic rings. The van der Waals surface area contributed by atoms with E-state index in [-0.39, 0.29) is 5.92 Å². The minimum absolute atomic E-state index is 0.0202. The van der Waals surface area contributed by atoms with E-state index in [1.807, 2.05) is 55.5 Å². The van der Waals surface area contributed by atoms with Crippen LogP contribution in [0.4, 0.5) is 0 Å². The van der Waals surface area contributed by atoms with Crippen molar-refractivity contribution in [2.24, 2.45) is 0 Å². The van der Waals surface area contributed by atoms with Crippen LogP contribution in [-0.2, 0) is 5.60 Å². The summed E-state index contributed by atoms with van der Waals surface area (Å²) in [7, 11) is 3.30. The molecule has 0 fully saturated rings. The molecule has 2 rings (SSSR count). The van der Waals surface area contributed by atoms with Gasteiger partial charge in [0, 0.05) is 5.92 Å². The smallest absolute Gasteiger partial charge is 0.118 e. The number of hydrogen-bond donors (Lipinski definition) is 1. The first-order chi connectivity index (χ1) is 11.1. The lowest BCUT2D eigenvalue weighted by molar-refractivity contribution is 0.00143. The van der Waals surface area contributed by atoms with E-state index in [1.165, 1.54) is 0 Å². The molecule has 0 saturated carbocycles. The molecule has 0 heterocycles. The lowest BCUT2D eigenvalue weighted by Gasteiger charge is -2.36. The van der Waals surface area contributed by atoms with Crippen LogP contribution in [0.15, 0.2) is 48.5 Å².